The Balaban J connectivity index is 1.71. The first kappa shape index (κ1) is 15.0. The Labute approximate surface area is 128 Å². The highest BCUT2D eigenvalue weighted by Gasteiger charge is 2.42. The quantitative estimate of drug-likeness (QED) is 0.869. The van der Waals surface area contributed by atoms with Gasteiger partial charge >= 0.3 is 5.97 Å². The average Bonchev–Trinajstić information content (AvgIpc) is 3.13. The van der Waals surface area contributed by atoms with Crippen LogP contribution in [-0.4, -0.2) is 25.5 Å². The van der Waals surface area contributed by atoms with Gasteiger partial charge in [0.15, 0.2) is 0 Å². The minimum absolute atomic E-state index is 0.0444. The summed E-state index contributed by atoms with van der Waals surface area (Å²) in [5.74, 6) is 0.732. The lowest BCUT2D eigenvalue weighted by Crippen LogP contribution is -2.39. The van der Waals surface area contributed by atoms with Gasteiger partial charge in [-0.3, -0.25) is 0 Å². The molecule has 5 nitrogen and oxygen atoms in total. The highest BCUT2D eigenvalue weighted by molar-refractivity contribution is 7.89. The van der Waals surface area contributed by atoms with Crippen LogP contribution in [0.2, 0.25) is 0 Å². The maximum atomic E-state index is 12.3. The molecule has 2 bridgehead atoms. The number of fused-ring (bicyclic) bond motifs is 2. The first-order valence-corrected chi connectivity index (χ1v) is 9.57. The largest absolute Gasteiger partial charge is 0.477 e. The first-order chi connectivity index (χ1) is 9.87. The Morgan fingerprint density at radius 2 is 2.19 bits per heavy atom. The van der Waals surface area contributed by atoms with Crippen molar-refractivity contribution in [3.05, 3.63) is 16.3 Å². The Morgan fingerprint density at radius 1 is 1.43 bits per heavy atom. The number of rotatable bonds is 5. The molecule has 116 valence electrons. The Hall–Kier alpha value is -0.920. The molecule has 2 saturated carbocycles. The summed E-state index contributed by atoms with van der Waals surface area (Å²) in [5, 5.41) is 10.3. The minimum Gasteiger partial charge on any atom is -0.477 e. The Morgan fingerprint density at radius 3 is 2.71 bits per heavy atom. The van der Waals surface area contributed by atoms with E-state index in [9.17, 15) is 13.2 Å². The zero-order valence-corrected chi connectivity index (χ0v) is 13.4. The van der Waals surface area contributed by atoms with Crippen molar-refractivity contribution in [3.8, 4) is 0 Å². The second-order valence-corrected chi connectivity index (χ2v) is 8.83. The third-order valence-corrected chi connectivity index (χ3v) is 7.48. The average molecular weight is 329 g/mol. The van der Waals surface area contributed by atoms with Crippen LogP contribution in [0.4, 0.5) is 0 Å². The molecule has 2 aliphatic carbocycles. The van der Waals surface area contributed by atoms with Crippen LogP contribution in [0.1, 0.15) is 42.3 Å². The lowest BCUT2D eigenvalue weighted by molar-refractivity contribution is 0.0702. The van der Waals surface area contributed by atoms with Crippen LogP contribution in [0.15, 0.2) is 16.3 Å². The molecule has 1 aromatic heterocycles. The van der Waals surface area contributed by atoms with Crippen molar-refractivity contribution in [2.75, 3.05) is 0 Å². The number of hydrogen-bond acceptors (Lipinski definition) is 4. The predicted molar refractivity (Wildman–Crippen MR) is 80.0 cm³/mol. The van der Waals surface area contributed by atoms with E-state index < -0.39 is 16.0 Å². The number of thiophene rings is 1. The summed E-state index contributed by atoms with van der Waals surface area (Å²) in [7, 11) is -3.63. The fraction of sp³-hybridized carbons (Fsp3) is 0.643. The standard InChI is InChI=1S/C14H19NO4S2/c1-8(12-5-9-2-3-10(12)4-9)15-21(18,19)11-6-13(14(16)17)20-7-11/h6-10,12,15H,2-5H2,1H3,(H,16,17). The molecule has 0 aliphatic heterocycles. The molecule has 4 atom stereocenters. The van der Waals surface area contributed by atoms with E-state index >= 15 is 0 Å². The highest BCUT2D eigenvalue weighted by atomic mass is 32.2. The normalized spacial score (nSPS) is 29.7. The van der Waals surface area contributed by atoms with Gasteiger partial charge in [0, 0.05) is 11.4 Å². The second-order valence-electron chi connectivity index (χ2n) is 6.20. The molecule has 0 aromatic carbocycles. The topological polar surface area (TPSA) is 83.5 Å². The Kier molecular flexibility index (Phi) is 3.83. The van der Waals surface area contributed by atoms with E-state index in [-0.39, 0.29) is 15.8 Å². The molecule has 0 saturated heterocycles. The molecule has 2 N–H and O–H groups in total. The van der Waals surface area contributed by atoms with Gasteiger partial charge < -0.3 is 5.11 Å². The van der Waals surface area contributed by atoms with Gasteiger partial charge in [-0.2, -0.15) is 0 Å². The van der Waals surface area contributed by atoms with E-state index in [0.29, 0.717) is 11.8 Å². The van der Waals surface area contributed by atoms with E-state index in [4.69, 9.17) is 5.11 Å². The molecule has 7 heteroatoms. The van der Waals surface area contributed by atoms with Crippen LogP contribution in [0.3, 0.4) is 0 Å². The van der Waals surface area contributed by atoms with Gasteiger partial charge in [-0.05, 0) is 50.0 Å². The lowest BCUT2D eigenvalue weighted by Gasteiger charge is -2.28. The third kappa shape index (κ3) is 2.86. The maximum Gasteiger partial charge on any atom is 0.345 e. The molecule has 21 heavy (non-hydrogen) atoms. The van der Waals surface area contributed by atoms with Crippen molar-refractivity contribution in [2.24, 2.45) is 17.8 Å². The van der Waals surface area contributed by atoms with Gasteiger partial charge in [-0.25, -0.2) is 17.9 Å². The molecule has 1 heterocycles. The predicted octanol–water partition coefficient (Wildman–Crippen LogP) is 2.55. The second kappa shape index (κ2) is 5.37. The monoisotopic (exact) mass is 329 g/mol. The Bertz CT molecular complexity index is 652. The SMILES string of the molecule is CC(NS(=O)(=O)c1csc(C(=O)O)c1)C1CC2CCC1C2. The third-order valence-electron chi connectivity index (χ3n) is 4.87. The maximum absolute atomic E-state index is 12.3. The van der Waals surface area contributed by atoms with Crippen molar-refractivity contribution in [2.45, 2.75) is 43.5 Å². The summed E-state index contributed by atoms with van der Waals surface area (Å²) in [5.41, 5.74) is 0. The minimum atomic E-state index is -3.63. The molecule has 3 rings (SSSR count). The molecular formula is C14H19NO4S2. The molecular weight excluding hydrogens is 310 g/mol. The van der Waals surface area contributed by atoms with Crippen molar-refractivity contribution < 1.29 is 18.3 Å². The van der Waals surface area contributed by atoms with Crippen molar-refractivity contribution in [1.29, 1.82) is 0 Å². The highest BCUT2D eigenvalue weighted by Crippen LogP contribution is 2.49. The summed E-state index contributed by atoms with van der Waals surface area (Å²) in [6.07, 6.45) is 4.84. The summed E-state index contributed by atoms with van der Waals surface area (Å²) in [6.45, 7) is 1.92. The number of hydrogen-bond donors (Lipinski definition) is 2. The van der Waals surface area contributed by atoms with Crippen LogP contribution in [0.25, 0.3) is 0 Å². The summed E-state index contributed by atoms with van der Waals surface area (Å²) < 4.78 is 27.4. The molecule has 1 aromatic rings. The number of sulfonamides is 1. The zero-order valence-electron chi connectivity index (χ0n) is 11.8. The van der Waals surface area contributed by atoms with E-state index in [2.05, 4.69) is 4.72 Å². The van der Waals surface area contributed by atoms with Crippen LogP contribution >= 0.6 is 11.3 Å². The fourth-order valence-corrected chi connectivity index (χ4v) is 6.28. The van der Waals surface area contributed by atoms with Crippen molar-refractivity contribution >= 4 is 27.3 Å². The van der Waals surface area contributed by atoms with Gasteiger partial charge in [0.2, 0.25) is 10.0 Å². The van der Waals surface area contributed by atoms with Crippen LogP contribution in [0.5, 0.6) is 0 Å². The number of aromatic carboxylic acids is 1. The molecule has 4 unspecified atom stereocenters. The van der Waals surface area contributed by atoms with Gasteiger partial charge in [0.25, 0.3) is 0 Å². The van der Waals surface area contributed by atoms with Gasteiger partial charge in [0.1, 0.15) is 4.88 Å². The molecule has 0 amide bonds. The molecule has 2 fully saturated rings. The smallest absolute Gasteiger partial charge is 0.345 e. The zero-order chi connectivity index (χ0) is 15.2. The number of carboxylic acid groups (broad SMARTS) is 1. The van der Waals surface area contributed by atoms with Crippen LogP contribution in [0, 0.1) is 17.8 Å². The molecule has 0 radical (unpaired) electrons. The number of carbonyl (C=O) groups is 1. The van der Waals surface area contributed by atoms with Crippen LogP contribution < -0.4 is 4.72 Å². The van der Waals surface area contributed by atoms with E-state index in [1.54, 1.807) is 0 Å². The lowest BCUT2D eigenvalue weighted by atomic mass is 9.84. The van der Waals surface area contributed by atoms with Crippen LogP contribution in [-0.2, 0) is 10.0 Å². The van der Waals surface area contributed by atoms with E-state index in [1.165, 1.54) is 30.7 Å². The van der Waals surface area contributed by atoms with E-state index in [1.807, 2.05) is 6.92 Å². The summed E-state index contributed by atoms with van der Waals surface area (Å²) in [4.78, 5) is 11.0. The molecule has 2 aliphatic rings. The number of carboxylic acids is 1. The van der Waals surface area contributed by atoms with Gasteiger partial charge in [0.05, 0.1) is 4.90 Å². The van der Waals surface area contributed by atoms with Crippen molar-refractivity contribution in [3.63, 3.8) is 0 Å². The number of nitrogens with one attached hydrogen (secondary N) is 1. The van der Waals surface area contributed by atoms with Gasteiger partial charge in [-0.1, -0.05) is 6.42 Å². The molecule has 0 spiro atoms. The van der Waals surface area contributed by atoms with E-state index in [0.717, 1.165) is 23.7 Å². The fourth-order valence-electron chi connectivity index (χ4n) is 3.88. The van der Waals surface area contributed by atoms with Gasteiger partial charge in [-0.15, -0.1) is 11.3 Å². The van der Waals surface area contributed by atoms with Crippen molar-refractivity contribution in [1.82, 2.24) is 4.72 Å². The summed E-state index contributed by atoms with van der Waals surface area (Å²) in [6, 6.07) is 1.13. The first-order valence-electron chi connectivity index (χ1n) is 7.21. The summed E-state index contributed by atoms with van der Waals surface area (Å²) >= 11 is 0.937.